The van der Waals surface area contributed by atoms with Gasteiger partial charge in [-0.25, -0.2) is 0 Å². The molecule has 2 aromatic rings. The highest BCUT2D eigenvalue weighted by Gasteiger charge is 2.15. The van der Waals surface area contributed by atoms with Crippen LogP contribution in [-0.4, -0.2) is 71.4 Å². The van der Waals surface area contributed by atoms with Crippen molar-refractivity contribution in [2.24, 2.45) is 0 Å². The number of allylic oxidation sites excluding steroid dienone is 1. The molecule has 0 spiro atoms. The van der Waals surface area contributed by atoms with E-state index in [1.165, 1.54) is 63.8 Å². The third-order valence-electron chi connectivity index (χ3n) is 5.51. The third kappa shape index (κ3) is 8.67. The molecule has 3 rings (SSSR count). The summed E-state index contributed by atoms with van der Waals surface area (Å²) in [6, 6.07) is 5.06. The van der Waals surface area contributed by atoms with Gasteiger partial charge in [-0.2, -0.15) is 0 Å². The van der Waals surface area contributed by atoms with Gasteiger partial charge in [-0.1, -0.05) is 13.0 Å². The lowest BCUT2D eigenvalue weighted by atomic mass is 10.2. The van der Waals surface area contributed by atoms with Gasteiger partial charge in [0.05, 0.1) is 23.8 Å². The van der Waals surface area contributed by atoms with Crippen LogP contribution in [0, 0.1) is 0 Å². The monoisotopic (exact) mass is 444 g/mol. The van der Waals surface area contributed by atoms with E-state index in [-0.39, 0.29) is 5.56 Å². The van der Waals surface area contributed by atoms with Gasteiger partial charge >= 0.3 is 0 Å². The van der Waals surface area contributed by atoms with Crippen LogP contribution < -0.4 is 10.3 Å². The summed E-state index contributed by atoms with van der Waals surface area (Å²) < 4.78 is 5.83. The molecule has 0 unspecified atom stereocenters. The quantitative estimate of drug-likeness (QED) is 0.469. The van der Waals surface area contributed by atoms with Gasteiger partial charge in [0.1, 0.15) is 5.75 Å². The molecule has 0 radical (unpaired) electrons. The molecule has 1 aliphatic rings. The molecule has 6 nitrogen and oxygen atoms in total. The second-order valence-corrected chi connectivity index (χ2v) is 9.06. The standard InChI is InChI=1S/C24H36N4O2S/c1-2-17-31-18-7-3-4-10-27-12-14-28(15-13-27)11-5-6-16-30-21-19-23-22(25-20-21)8-9-24(29)26-23/h7-9,18-20H,2-6,10-17H2,1H3,(H,26,29)/b18-7+. The van der Waals surface area contributed by atoms with Gasteiger partial charge in [0.25, 0.3) is 0 Å². The van der Waals surface area contributed by atoms with Crippen molar-refractivity contribution in [2.75, 3.05) is 51.6 Å². The lowest BCUT2D eigenvalue weighted by molar-refractivity contribution is 0.128. The smallest absolute Gasteiger partial charge is 0.248 e. The van der Waals surface area contributed by atoms with Gasteiger partial charge in [0.2, 0.25) is 5.56 Å². The first-order valence-electron chi connectivity index (χ1n) is 11.6. The van der Waals surface area contributed by atoms with Crippen LogP contribution in [-0.2, 0) is 0 Å². The Labute approximate surface area is 190 Å². The Morgan fingerprint density at radius 2 is 1.90 bits per heavy atom. The zero-order valence-electron chi connectivity index (χ0n) is 18.7. The number of hydrogen-bond acceptors (Lipinski definition) is 6. The minimum Gasteiger partial charge on any atom is -0.492 e. The number of pyridine rings is 2. The van der Waals surface area contributed by atoms with E-state index in [9.17, 15) is 4.79 Å². The van der Waals surface area contributed by atoms with E-state index in [2.05, 4.69) is 38.2 Å². The molecule has 170 valence electrons. The van der Waals surface area contributed by atoms with Crippen molar-refractivity contribution in [2.45, 2.75) is 39.0 Å². The molecule has 2 aromatic heterocycles. The highest BCUT2D eigenvalue weighted by Crippen LogP contribution is 2.15. The van der Waals surface area contributed by atoms with Crippen LogP contribution in [0.3, 0.4) is 0 Å². The van der Waals surface area contributed by atoms with Crippen molar-refractivity contribution in [3.05, 3.63) is 46.2 Å². The fourth-order valence-corrected chi connectivity index (χ4v) is 4.36. The third-order valence-corrected chi connectivity index (χ3v) is 6.53. The molecule has 31 heavy (non-hydrogen) atoms. The number of piperazine rings is 1. The van der Waals surface area contributed by atoms with Crippen LogP contribution in [0.15, 0.2) is 40.7 Å². The lowest BCUT2D eigenvalue weighted by Crippen LogP contribution is -2.46. The first-order chi connectivity index (χ1) is 15.2. The summed E-state index contributed by atoms with van der Waals surface area (Å²) in [5, 5.41) is 2.27. The number of aromatic amines is 1. The van der Waals surface area contributed by atoms with Gasteiger partial charge < -0.3 is 19.5 Å². The van der Waals surface area contributed by atoms with Crippen molar-refractivity contribution in [1.29, 1.82) is 0 Å². The highest BCUT2D eigenvalue weighted by atomic mass is 32.2. The Bertz CT molecular complexity index is 862. The molecule has 0 saturated carbocycles. The molecule has 1 fully saturated rings. The largest absolute Gasteiger partial charge is 0.492 e. The van der Waals surface area contributed by atoms with Gasteiger partial charge in [-0.15, -0.1) is 11.8 Å². The molecule has 0 bridgehead atoms. The van der Waals surface area contributed by atoms with Gasteiger partial charge in [0.15, 0.2) is 0 Å². The van der Waals surface area contributed by atoms with Crippen LogP contribution in [0.25, 0.3) is 11.0 Å². The van der Waals surface area contributed by atoms with E-state index >= 15 is 0 Å². The number of nitrogens with zero attached hydrogens (tertiary/aromatic N) is 3. The van der Waals surface area contributed by atoms with Gasteiger partial charge in [-0.05, 0) is 62.4 Å². The van der Waals surface area contributed by atoms with Crippen LogP contribution in [0.2, 0.25) is 0 Å². The summed E-state index contributed by atoms with van der Waals surface area (Å²) in [4.78, 5) is 23.7. The Balaban J connectivity index is 1.23. The SMILES string of the molecule is CCCS/C=C/CCCN1CCN(CCCCOc2cnc3ccc(=O)[nH]c3c2)CC1. The molecule has 1 saturated heterocycles. The van der Waals surface area contributed by atoms with E-state index < -0.39 is 0 Å². The number of fused-ring (bicyclic) bond motifs is 1. The molecule has 0 aromatic carbocycles. The van der Waals surface area contributed by atoms with Crippen molar-refractivity contribution in [3.8, 4) is 5.75 Å². The predicted octanol–water partition coefficient (Wildman–Crippen LogP) is 4.14. The number of aromatic nitrogens is 2. The maximum atomic E-state index is 11.4. The minimum absolute atomic E-state index is 0.120. The van der Waals surface area contributed by atoms with Crippen molar-refractivity contribution in [3.63, 3.8) is 0 Å². The summed E-state index contributed by atoms with van der Waals surface area (Å²) in [6.45, 7) is 9.97. The average molecular weight is 445 g/mol. The molecule has 0 amide bonds. The minimum atomic E-state index is -0.120. The maximum absolute atomic E-state index is 11.4. The number of rotatable bonds is 13. The van der Waals surface area contributed by atoms with Crippen LogP contribution in [0.1, 0.15) is 39.0 Å². The summed E-state index contributed by atoms with van der Waals surface area (Å²) >= 11 is 1.92. The number of thioether (sulfide) groups is 1. The molecule has 0 atom stereocenters. The van der Waals surface area contributed by atoms with Crippen molar-refractivity contribution >= 4 is 22.8 Å². The highest BCUT2D eigenvalue weighted by molar-refractivity contribution is 8.02. The van der Waals surface area contributed by atoms with Gasteiger partial charge in [-0.3, -0.25) is 9.78 Å². The summed E-state index contributed by atoms with van der Waals surface area (Å²) in [5.74, 6) is 1.94. The topological polar surface area (TPSA) is 61.5 Å². The molecule has 0 aliphatic carbocycles. The number of H-pyrrole nitrogens is 1. The Kier molecular flexibility index (Phi) is 10.4. The van der Waals surface area contributed by atoms with E-state index in [4.69, 9.17) is 4.74 Å². The first-order valence-corrected chi connectivity index (χ1v) is 12.6. The second-order valence-electron chi connectivity index (χ2n) is 8.05. The normalized spacial score (nSPS) is 15.8. The zero-order chi connectivity index (χ0) is 21.7. The number of nitrogens with one attached hydrogen (secondary N) is 1. The fraction of sp³-hybridized carbons (Fsp3) is 0.583. The van der Waals surface area contributed by atoms with Crippen molar-refractivity contribution in [1.82, 2.24) is 19.8 Å². The van der Waals surface area contributed by atoms with Crippen LogP contribution in [0.4, 0.5) is 0 Å². The first kappa shape index (κ1) is 23.8. The van der Waals surface area contributed by atoms with Crippen LogP contribution in [0.5, 0.6) is 5.75 Å². The molecule has 3 heterocycles. The number of unbranched alkanes of at least 4 members (excludes halogenated alkanes) is 2. The molecule has 7 heteroatoms. The Morgan fingerprint density at radius 3 is 2.68 bits per heavy atom. The Hall–Kier alpha value is -1.83. The average Bonchev–Trinajstić information content (AvgIpc) is 2.79. The molecular formula is C24H36N4O2S. The summed E-state index contributed by atoms with van der Waals surface area (Å²) in [5.41, 5.74) is 1.37. The summed E-state index contributed by atoms with van der Waals surface area (Å²) in [7, 11) is 0. The van der Waals surface area contributed by atoms with Crippen LogP contribution >= 0.6 is 11.8 Å². The fourth-order valence-electron chi connectivity index (χ4n) is 3.72. The predicted molar refractivity (Wildman–Crippen MR) is 131 cm³/mol. The second kappa shape index (κ2) is 13.6. The summed E-state index contributed by atoms with van der Waals surface area (Å²) in [6.07, 6.45) is 9.91. The van der Waals surface area contributed by atoms with Gasteiger partial charge in [0, 0.05) is 38.3 Å². The zero-order valence-corrected chi connectivity index (χ0v) is 19.5. The molecular weight excluding hydrogens is 408 g/mol. The molecule has 1 N–H and O–H groups in total. The number of hydrogen-bond donors (Lipinski definition) is 1. The Morgan fingerprint density at radius 1 is 1.13 bits per heavy atom. The number of ether oxygens (including phenoxy) is 1. The van der Waals surface area contributed by atoms with Crippen molar-refractivity contribution < 1.29 is 4.74 Å². The maximum Gasteiger partial charge on any atom is 0.248 e. The lowest BCUT2D eigenvalue weighted by Gasteiger charge is -2.34. The molecule has 1 aliphatic heterocycles. The van der Waals surface area contributed by atoms with E-state index in [1.807, 2.05) is 17.8 Å². The van der Waals surface area contributed by atoms with E-state index in [0.717, 1.165) is 24.9 Å². The van der Waals surface area contributed by atoms with E-state index in [1.54, 1.807) is 12.3 Å². The van der Waals surface area contributed by atoms with E-state index in [0.29, 0.717) is 17.9 Å².